The lowest BCUT2D eigenvalue weighted by Gasteiger charge is -2.21. The van der Waals surface area contributed by atoms with E-state index < -0.39 is 22.2 Å². The van der Waals surface area contributed by atoms with Crippen molar-refractivity contribution in [2.45, 2.75) is 13.8 Å². The fraction of sp³-hybridized carbons (Fsp3) is 0.333. The normalized spacial score (nSPS) is 10.9. The van der Waals surface area contributed by atoms with E-state index in [2.05, 4.69) is 5.32 Å². The molecule has 0 saturated heterocycles. The van der Waals surface area contributed by atoms with Crippen molar-refractivity contribution in [1.29, 1.82) is 0 Å². The Morgan fingerprint density at radius 2 is 2.05 bits per heavy atom. The number of benzene rings is 1. The third-order valence-corrected chi connectivity index (χ3v) is 2.78. The van der Waals surface area contributed by atoms with Crippen molar-refractivity contribution in [3.05, 3.63) is 33.9 Å². The maximum absolute atomic E-state index is 11.3. The quantitative estimate of drug-likeness (QED) is 0.529. The highest BCUT2D eigenvalue weighted by molar-refractivity contribution is 5.99. The first-order valence-electron chi connectivity index (χ1n) is 5.70. The number of nitrogens with one attached hydrogen (secondary N) is 1. The summed E-state index contributed by atoms with van der Waals surface area (Å²) in [6.45, 7) is 3.07. The summed E-state index contributed by atoms with van der Waals surface area (Å²) in [5.41, 5.74) is 4.05. The largest absolute Gasteiger partial charge is 0.481 e. The van der Waals surface area contributed by atoms with E-state index in [0.717, 1.165) is 6.07 Å². The molecule has 8 heteroatoms. The summed E-state index contributed by atoms with van der Waals surface area (Å²) in [5.74, 6) is -1.84. The standard InChI is InChI=1S/C12H15N3O5/c1-12(2,11(17)18)6-14-9-4-3-7(15(19)20)5-8(9)10(13)16/h3-5,14H,6H2,1-2H3,(H2,13,16)(H,17,18). The average molecular weight is 281 g/mol. The number of carbonyl (C=O) groups excluding carboxylic acids is 1. The van der Waals surface area contributed by atoms with Crippen molar-refractivity contribution >= 4 is 23.3 Å². The molecule has 0 aliphatic heterocycles. The van der Waals surface area contributed by atoms with Crippen LogP contribution in [0.4, 0.5) is 11.4 Å². The Hall–Kier alpha value is -2.64. The Bertz CT molecular complexity index is 568. The average Bonchev–Trinajstić information content (AvgIpc) is 2.35. The number of carboxylic acids is 1. The van der Waals surface area contributed by atoms with Crippen LogP contribution in [0.1, 0.15) is 24.2 Å². The number of nitrogens with zero attached hydrogens (tertiary/aromatic N) is 1. The van der Waals surface area contributed by atoms with Gasteiger partial charge >= 0.3 is 5.97 Å². The molecule has 0 atom stereocenters. The van der Waals surface area contributed by atoms with Crippen LogP contribution in [0.5, 0.6) is 0 Å². The first-order valence-corrected chi connectivity index (χ1v) is 5.70. The van der Waals surface area contributed by atoms with Crippen LogP contribution in [0.3, 0.4) is 0 Å². The summed E-state index contributed by atoms with van der Waals surface area (Å²) in [6.07, 6.45) is 0. The molecule has 1 aromatic carbocycles. The number of hydrogen-bond acceptors (Lipinski definition) is 5. The number of aliphatic carboxylic acids is 1. The van der Waals surface area contributed by atoms with Gasteiger partial charge in [-0.15, -0.1) is 0 Å². The van der Waals surface area contributed by atoms with Crippen molar-refractivity contribution < 1.29 is 19.6 Å². The van der Waals surface area contributed by atoms with E-state index >= 15 is 0 Å². The molecule has 0 unspecified atom stereocenters. The SMILES string of the molecule is CC(C)(CNc1ccc([N+](=O)[O-])cc1C(N)=O)C(=O)O. The molecule has 4 N–H and O–H groups in total. The van der Waals surface area contributed by atoms with Crippen molar-refractivity contribution in [3.63, 3.8) is 0 Å². The van der Waals surface area contributed by atoms with E-state index in [0.29, 0.717) is 0 Å². The fourth-order valence-corrected chi connectivity index (χ4v) is 1.40. The number of non-ortho nitro benzene ring substituents is 1. The number of carbonyl (C=O) groups is 2. The molecule has 0 fully saturated rings. The molecule has 1 rings (SSSR count). The molecule has 1 aromatic rings. The van der Waals surface area contributed by atoms with Gasteiger partial charge < -0.3 is 16.2 Å². The van der Waals surface area contributed by atoms with E-state index in [-0.39, 0.29) is 23.5 Å². The second kappa shape index (κ2) is 5.55. The fourth-order valence-electron chi connectivity index (χ4n) is 1.40. The van der Waals surface area contributed by atoms with Gasteiger partial charge in [0.25, 0.3) is 11.6 Å². The van der Waals surface area contributed by atoms with Gasteiger partial charge in [0.15, 0.2) is 0 Å². The lowest BCUT2D eigenvalue weighted by atomic mass is 9.93. The summed E-state index contributed by atoms with van der Waals surface area (Å²) >= 11 is 0. The molecule has 0 bridgehead atoms. The highest BCUT2D eigenvalue weighted by Gasteiger charge is 2.27. The van der Waals surface area contributed by atoms with Crippen LogP contribution in [-0.2, 0) is 4.79 Å². The summed E-state index contributed by atoms with van der Waals surface area (Å²) < 4.78 is 0. The smallest absolute Gasteiger partial charge is 0.310 e. The first kappa shape index (κ1) is 15.4. The van der Waals surface area contributed by atoms with Crippen molar-refractivity contribution in [2.75, 3.05) is 11.9 Å². The minimum atomic E-state index is -1.06. The van der Waals surface area contributed by atoms with Gasteiger partial charge in [-0.3, -0.25) is 19.7 Å². The zero-order valence-electron chi connectivity index (χ0n) is 11.0. The molecule has 0 aliphatic carbocycles. The number of anilines is 1. The lowest BCUT2D eigenvalue weighted by Crippen LogP contribution is -2.32. The number of primary amides is 1. The van der Waals surface area contributed by atoms with Crippen LogP contribution in [-0.4, -0.2) is 28.5 Å². The van der Waals surface area contributed by atoms with E-state index in [4.69, 9.17) is 10.8 Å². The second-order valence-electron chi connectivity index (χ2n) is 4.89. The van der Waals surface area contributed by atoms with Crippen molar-refractivity contribution in [3.8, 4) is 0 Å². The maximum Gasteiger partial charge on any atom is 0.310 e. The van der Waals surface area contributed by atoms with Gasteiger partial charge in [-0.2, -0.15) is 0 Å². The van der Waals surface area contributed by atoms with Gasteiger partial charge in [0.2, 0.25) is 0 Å². The number of hydrogen-bond donors (Lipinski definition) is 3. The minimum absolute atomic E-state index is 0.0421. The number of rotatable bonds is 6. The molecule has 0 aliphatic rings. The lowest BCUT2D eigenvalue weighted by molar-refractivity contribution is -0.384. The van der Waals surface area contributed by atoms with Gasteiger partial charge in [-0.05, 0) is 19.9 Å². The summed E-state index contributed by atoms with van der Waals surface area (Å²) in [5, 5.41) is 22.4. The Labute approximate surface area is 114 Å². The van der Waals surface area contributed by atoms with E-state index in [1.165, 1.54) is 26.0 Å². The van der Waals surface area contributed by atoms with Crippen molar-refractivity contribution in [2.24, 2.45) is 11.1 Å². The highest BCUT2D eigenvalue weighted by atomic mass is 16.6. The molecule has 0 radical (unpaired) electrons. The zero-order chi connectivity index (χ0) is 15.5. The zero-order valence-corrected chi connectivity index (χ0v) is 11.0. The predicted octanol–water partition coefficient (Wildman–Crippen LogP) is 1.22. The van der Waals surface area contributed by atoms with Gasteiger partial charge in [-0.1, -0.05) is 0 Å². The van der Waals surface area contributed by atoms with E-state index in [1.54, 1.807) is 0 Å². The number of amides is 1. The second-order valence-corrected chi connectivity index (χ2v) is 4.89. The van der Waals surface area contributed by atoms with Crippen molar-refractivity contribution in [1.82, 2.24) is 0 Å². The maximum atomic E-state index is 11.3. The third kappa shape index (κ3) is 3.44. The van der Waals surface area contributed by atoms with Crippen LogP contribution in [0.25, 0.3) is 0 Å². The van der Waals surface area contributed by atoms with Crippen LogP contribution < -0.4 is 11.1 Å². The summed E-state index contributed by atoms with van der Waals surface area (Å²) in [4.78, 5) is 32.3. The van der Waals surface area contributed by atoms with Crippen LogP contribution in [0, 0.1) is 15.5 Å². The van der Waals surface area contributed by atoms with E-state index in [1.807, 2.05) is 0 Å². The van der Waals surface area contributed by atoms with Crippen LogP contribution in [0.15, 0.2) is 18.2 Å². The first-order chi connectivity index (χ1) is 9.15. The molecule has 0 saturated carbocycles. The van der Waals surface area contributed by atoms with Crippen LogP contribution >= 0.6 is 0 Å². The Morgan fingerprint density at radius 3 is 2.50 bits per heavy atom. The molecule has 8 nitrogen and oxygen atoms in total. The monoisotopic (exact) mass is 281 g/mol. The molecule has 108 valence electrons. The Kier molecular flexibility index (Phi) is 4.28. The topological polar surface area (TPSA) is 136 Å². The van der Waals surface area contributed by atoms with Gasteiger partial charge in [0.1, 0.15) is 0 Å². The van der Waals surface area contributed by atoms with Gasteiger partial charge in [0, 0.05) is 24.4 Å². The molecule has 1 amide bonds. The van der Waals surface area contributed by atoms with Gasteiger partial charge in [-0.25, -0.2) is 0 Å². The summed E-state index contributed by atoms with van der Waals surface area (Å²) in [6, 6.07) is 3.59. The predicted molar refractivity (Wildman–Crippen MR) is 71.5 cm³/mol. The molecule has 0 heterocycles. The molecular formula is C12H15N3O5. The molecule has 0 aromatic heterocycles. The molecule has 20 heavy (non-hydrogen) atoms. The minimum Gasteiger partial charge on any atom is -0.481 e. The summed E-state index contributed by atoms with van der Waals surface area (Å²) in [7, 11) is 0. The number of nitro benzene ring substituents is 1. The van der Waals surface area contributed by atoms with Crippen LogP contribution in [0.2, 0.25) is 0 Å². The van der Waals surface area contributed by atoms with E-state index in [9.17, 15) is 19.7 Å². The third-order valence-electron chi connectivity index (χ3n) is 2.78. The Morgan fingerprint density at radius 1 is 1.45 bits per heavy atom. The molecule has 0 spiro atoms. The number of carboxylic acid groups (broad SMARTS) is 1. The highest BCUT2D eigenvalue weighted by Crippen LogP contribution is 2.24. The Balaban J connectivity index is 3.04. The molecular weight excluding hydrogens is 266 g/mol. The number of nitrogens with two attached hydrogens (primary N) is 1. The number of nitro groups is 1. The van der Waals surface area contributed by atoms with Gasteiger partial charge in [0.05, 0.1) is 15.9 Å².